The van der Waals surface area contributed by atoms with Crippen molar-refractivity contribution in [2.45, 2.75) is 155 Å². The maximum atomic E-state index is 3.66. The average Bonchev–Trinajstić information content (AvgIpc) is 3.21. The Balaban J connectivity index is 2.57. The molecule has 1 heterocycles. The number of rotatable bonds is 20. The Labute approximate surface area is 183 Å². The molecule has 1 N–H and O–H groups in total. The number of imidazole rings is 1. The average molecular weight is 406 g/mol. The van der Waals surface area contributed by atoms with Crippen LogP contribution in [0.15, 0.2) is 12.4 Å². The molecule has 0 aliphatic rings. The lowest BCUT2D eigenvalue weighted by atomic mass is 9.93. The summed E-state index contributed by atoms with van der Waals surface area (Å²) in [6, 6.07) is 0.624. The molecular formula is C27H53N2+. The second kappa shape index (κ2) is 18.0. The molecule has 0 saturated carbocycles. The van der Waals surface area contributed by atoms with Crippen molar-refractivity contribution in [3.63, 3.8) is 0 Å². The Morgan fingerprint density at radius 3 is 1.66 bits per heavy atom. The number of aromatic amines is 1. The van der Waals surface area contributed by atoms with Gasteiger partial charge in [-0.25, -0.2) is 9.55 Å². The minimum absolute atomic E-state index is 0.624. The van der Waals surface area contributed by atoms with E-state index in [4.69, 9.17) is 0 Å². The van der Waals surface area contributed by atoms with Gasteiger partial charge in [0.1, 0.15) is 12.4 Å². The Bertz CT molecular complexity index is 465. The maximum Gasteiger partial charge on any atom is 0.257 e. The topological polar surface area (TPSA) is 19.7 Å². The number of nitrogens with one attached hydrogen (secondary N) is 1. The van der Waals surface area contributed by atoms with Crippen LogP contribution in [0.3, 0.4) is 0 Å². The van der Waals surface area contributed by atoms with Crippen molar-refractivity contribution in [3.8, 4) is 0 Å². The van der Waals surface area contributed by atoms with Crippen LogP contribution in [0.4, 0.5) is 0 Å². The minimum atomic E-state index is 0.624. The fourth-order valence-corrected chi connectivity index (χ4v) is 4.66. The molecule has 0 amide bonds. The molecule has 0 bridgehead atoms. The first-order valence-corrected chi connectivity index (χ1v) is 13.3. The van der Waals surface area contributed by atoms with E-state index in [0.29, 0.717) is 6.04 Å². The molecule has 170 valence electrons. The first-order valence-electron chi connectivity index (χ1n) is 13.3. The molecular weight excluding hydrogens is 352 g/mol. The van der Waals surface area contributed by atoms with Gasteiger partial charge in [0.2, 0.25) is 0 Å². The number of hydrogen-bond acceptors (Lipinski definition) is 0. The van der Waals surface area contributed by atoms with Crippen LogP contribution in [0.2, 0.25) is 0 Å². The second-order valence-electron chi connectivity index (χ2n) is 9.41. The van der Waals surface area contributed by atoms with Gasteiger partial charge in [-0.3, -0.25) is 0 Å². The van der Waals surface area contributed by atoms with Gasteiger partial charge < -0.3 is 0 Å². The summed E-state index contributed by atoms with van der Waals surface area (Å²) in [6.07, 6.45) is 29.4. The normalized spacial score (nSPS) is 13.7. The Morgan fingerprint density at radius 1 is 0.655 bits per heavy atom. The van der Waals surface area contributed by atoms with Crippen molar-refractivity contribution in [3.05, 3.63) is 18.2 Å². The van der Waals surface area contributed by atoms with Gasteiger partial charge in [-0.05, 0) is 32.6 Å². The van der Waals surface area contributed by atoms with Gasteiger partial charge >= 0.3 is 0 Å². The molecule has 29 heavy (non-hydrogen) atoms. The first kappa shape index (κ1) is 26.2. The molecule has 1 rings (SSSR count). The summed E-state index contributed by atoms with van der Waals surface area (Å²) >= 11 is 0. The summed E-state index contributed by atoms with van der Waals surface area (Å²) in [5.74, 6) is 2.23. The van der Waals surface area contributed by atoms with Gasteiger partial charge in [0.05, 0.1) is 12.0 Å². The van der Waals surface area contributed by atoms with Crippen LogP contribution >= 0.6 is 0 Å². The van der Waals surface area contributed by atoms with E-state index in [2.05, 4.69) is 49.6 Å². The number of H-pyrrole nitrogens is 1. The summed E-state index contributed by atoms with van der Waals surface area (Å²) in [6.45, 7) is 9.33. The van der Waals surface area contributed by atoms with Crippen LogP contribution in [0.25, 0.3) is 0 Å². The summed E-state index contributed by atoms with van der Waals surface area (Å²) in [7, 11) is 0. The zero-order valence-corrected chi connectivity index (χ0v) is 20.5. The molecule has 0 aliphatic heterocycles. The molecule has 0 aliphatic carbocycles. The quantitative estimate of drug-likeness (QED) is 0.165. The van der Waals surface area contributed by atoms with E-state index >= 15 is 0 Å². The standard InChI is InChI=1S/C27H52N2/c1-5-8-11-13-14-16-19-22-26(21-18-15-12-9-6-2)27-28-23-24-29(27)25(4)20-17-10-7-3/h23-26H,5-22H2,1-4H3/p+1. The Morgan fingerprint density at radius 2 is 1.10 bits per heavy atom. The van der Waals surface area contributed by atoms with Crippen LogP contribution in [-0.2, 0) is 0 Å². The van der Waals surface area contributed by atoms with E-state index in [1.54, 1.807) is 0 Å². The highest BCUT2D eigenvalue weighted by Gasteiger charge is 2.25. The van der Waals surface area contributed by atoms with Crippen LogP contribution in [0.1, 0.15) is 161 Å². The molecule has 0 aromatic carbocycles. The summed E-state index contributed by atoms with van der Waals surface area (Å²) in [5, 5.41) is 0. The minimum Gasteiger partial charge on any atom is -0.247 e. The fourth-order valence-electron chi connectivity index (χ4n) is 4.66. The third kappa shape index (κ3) is 11.8. The lowest BCUT2D eigenvalue weighted by Crippen LogP contribution is -2.41. The van der Waals surface area contributed by atoms with Gasteiger partial charge in [0.25, 0.3) is 5.82 Å². The molecule has 2 heteroatoms. The summed E-state index contributed by atoms with van der Waals surface area (Å²) in [4.78, 5) is 3.66. The molecule has 0 saturated heterocycles. The molecule has 2 nitrogen and oxygen atoms in total. The molecule has 2 unspecified atom stereocenters. The molecule has 1 aromatic rings. The van der Waals surface area contributed by atoms with E-state index in [9.17, 15) is 0 Å². The number of nitrogens with zero attached hydrogens (tertiary/aromatic N) is 1. The highest BCUT2D eigenvalue weighted by Crippen LogP contribution is 2.27. The summed E-state index contributed by atoms with van der Waals surface area (Å²) in [5.41, 5.74) is 0. The van der Waals surface area contributed by atoms with Gasteiger partial charge in [-0.2, -0.15) is 0 Å². The van der Waals surface area contributed by atoms with Crippen molar-refractivity contribution in [1.82, 2.24) is 4.98 Å². The highest BCUT2D eigenvalue weighted by molar-refractivity contribution is 4.90. The van der Waals surface area contributed by atoms with Crippen molar-refractivity contribution >= 4 is 0 Å². The summed E-state index contributed by atoms with van der Waals surface area (Å²) < 4.78 is 2.58. The van der Waals surface area contributed by atoms with E-state index in [1.807, 2.05) is 0 Å². The van der Waals surface area contributed by atoms with Gasteiger partial charge in [0, 0.05) is 0 Å². The number of hydrogen-bond donors (Lipinski definition) is 1. The predicted octanol–water partition coefficient (Wildman–Crippen LogP) is 9.03. The Hall–Kier alpha value is -0.790. The lowest BCUT2D eigenvalue weighted by molar-refractivity contribution is -0.727. The van der Waals surface area contributed by atoms with Gasteiger partial charge in [-0.1, -0.05) is 111 Å². The predicted molar refractivity (Wildman–Crippen MR) is 129 cm³/mol. The van der Waals surface area contributed by atoms with Crippen molar-refractivity contribution in [2.24, 2.45) is 0 Å². The molecule has 1 aromatic heterocycles. The van der Waals surface area contributed by atoms with E-state index in [0.717, 1.165) is 5.92 Å². The SMILES string of the molecule is CCCCCCCCCC(CCCCCCC)c1[nH]cc[n+]1C(C)CCCCC. The zero-order chi connectivity index (χ0) is 21.2. The van der Waals surface area contributed by atoms with Crippen LogP contribution < -0.4 is 4.57 Å². The largest absolute Gasteiger partial charge is 0.257 e. The molecule has 0 spiro atoms. The number of aromatic nitrogens is 2. The highest BCUT2D eigenvalue weighted by atomic mass is 15.1. The van der Waals surface area contributed by atoms with E-state index in [1.165, 1.54) is 121 Å². The van der Waals surface area contributed by atoms with Gasteiger partial charge in [-0.15, -0.1) is 0 Å². The van der Waals surface area contributed by atoms with Crippen LogP contribution in [0.5, 0.6) is 0 Å². The molecule has 0 fully saturated rings. The maximum absolute atomic E-state index is 3.66. The fraction of sp³-hybridized carbons (Fsp3) is 0.889. The Kier molecular flexibility index (Phi) is 16.3. The number of unbranched alkanes of at least 4 members (excludes halogenated alkanes) is 12. The van der Waals surface area contributed by atoms with E-state index < -0.39 is 0 Å². The van der Waals surface area contributed by atoms with Crippen LogP contribution in [-0.4, -0.2) is 4.98 Å². The van der Waals surface area contributed by atoms with Crippen LogP contribution in [0, 0.1) is 0 Å². The van der Waals surface area contributed by atoms with Crippen molar-refractivity contribution < 1.29 is 4.57 Å². The van der Waals surface area contributed by atoms with Crippen molar-refractivity contribution in [1.29, 1.82) is 0 Å². The monoisotopic (exact) mass is 405 g/mol. The first-order chi connectivity index (χ1) is 14.2. The third-order valence-electron chi connectivity index (χ3n) is 6.64. The molecule has 2 atom stereocenters. The molecule has 0 radical (unpaired) electrons. The third-order valence-corrected chi connectivity index (χ3v) is 6.64. The van der Waals surface area contributed by atoms with Gasteiger partial charge in [0.15, 0.2) is 0 Å². The van der Waals surface area contributed by atoms with Crippen molar-refractivity contribution in [2.75, 3.05) is 0 Å². The smallest absolute Gasteiger partial charge is 0.247 e. The second-order valence-corrected chi connectivity index (χ2v) is 9.41. The van der Waals surface area contributed by atoms with E-state index in [-0.39, 0.29) is 0 Å². The zero-order valence-electron chi connectivity index (χ0n) is 20.5. The lowest BCUT2D eigenvalue weighted by Gasteiger charge is -2.17.